The molecule has 0 unspecified atom stereocenters. The molecule has 0 aliphatic rings. The van der Waals surface area contributed by atoms with E-state index in [2.05, 4.69) is 17.9 Å². The fourth-order valence-electron chi connectivity index (χ4n) is 2.14. The average Bonchev–Trinajstić information content (AvgIpc) is 2.70. The second-order valence-electron chi connectivity index (χ2n) is 6.05. The molecule has 0 aliphatic carbocycles. The van der Waals surface area contributed by atoms with Crippen molar-refractivity contribution in [3.63, 3.8) is 0 Å². The fraction of sp³-hybridized carbons (Fsp3) is 0.217. The number of hydrogen-bond donors (Lipinski definition) is 0. The van der Waals surface area contributed by atoms with Crippen molar-refractivity contribution in [2.75, 3.05) is 0 Å². The lowest BCUT2D eigenvalue weighted by atomic mass is 10.0. The third-order valence-corrected chi connectivity index (χ3v) is 3.96. The lowest BCUT2D eigenvalue weighted by molar-refractivity contribution is -0.156. The molecule has 29 heavy (non-hydrogen) atoms. The number of ether oxygens (including phenoxy) is 2. The van der Waals surface area contributed by atoms with Crippen LogP contribution in [0.1, 0.15) is 43.4 Å². The zero-order chi connectivity index (χ0) is 22.0. The van der Waals surface area contributed by atoms with Crippen LogP contribution in [0.25, 0.3) is 12.2 Å². The quantitative estimate of drug-likeness (QED) is 0.374. The summed E-state index contributed by atoms with van der Waals surface area (Å²) < 4.78 is 9.18. The van der Waals surface area contributed by atoms with E-state index in [-0.39, 0.29) is 11.1 Å². The van der Waals surface area contributed by atoms with E-state index >= 15 is 0 Å². The van der Waals surface area contributed by atoms with Crippen LogP contribution in [0, 0.1) is 6.92 Å². The van der Waals surface area contributed by atoms with E-state index in [1.165, 1.54) is 0 Å². The molecule has 1 aromatic carbocycles. The van der Waals surface area contributed by atoms with E-state index in [0.29, 0.717) is 18.9 Å². The Morgan fingerprint density at radius 1 is 0.966 bits per heavy atom. The molecular formula is C23H24O6. The first-order valence-corrected chi connectivity index (χ1v) is 9.03. The predicted molar refractivity (Wildman–Crippen MR) is 110 cm³/mol. The zero-order valence-corrected chi connectivity index (χ0v) is 16.8. The molecular weight excluding hydrogens is 372 g/mol. The Labute approximate surface area is 170 Å². The summed E-state index contributed by atoms with van der Waals surface area (Å²) in [6, 6.07) is 5.60. The van der Waals surface area contributed by atoms with Gasteiger partial charge in [-0.25, -0.2) is 19.2 Å². The van der Waals surface area contributed by atoms with Crippen molar-refractivity contribution in [1.29, 1.82) is 0 Å². The molecule has 6 nitrogen and oxygen atoms in total. The highest BCUT2D eigenvalue weighted by atomic mass is 16.6. The van der Waals surface area contributed by atoms with Crippen molar-refractivity contribution < 1.29 is 28.7 Å². The summed E-state index contributed by atoms with van der Waals surface area (Å²) >= 11 is 0. The molecule has 152 valence electrons. The van der Waals surface area contributed by atoms with Gasteiger partial charge in [0, 0.05) is 23.3 Å². The zero-order valence-electron chi connectivity index (χ0n) is 16.8. The summed E-state index contributed by atoms with van der Waals surface area (Å²) in [5, 5.41) is 0. The molecule has 0 atom stereocenters. The van der Waals surface area contributed by atoms with Crippen molar-refractivity contribution >= 4 is 36.0 Å². The second-order valence-corrected chi connectivity index (χ2v) is 6.05. The van der Waals surface area contributed by atoms with Gasteiger partial charge in [-0.3, -0.25) is 0 Å². The van der Waals surface area contributed by atoms with Gasteiger partial charge in [0.25, 0.3) is 0 Å². The van der Waals surface area contributed by atoms with Crippen LogP contribution in [-0.2, 0) is 28.7 Å². The molecule has 0 saturated carbocycles. The van der Waals surface area contributed by atoms with Gasteiger partial charge in [0.1, 0.15) is 0 Å². The number of aryl methyl sites for hydroxylation is 1. The maximum absolute atomic E-state index is 12.2. The topological polar surface area (TPSA) is 86.7 Å². The van der Waals surface area contributed by atoms with Crippen LogP contribution in [0.5, 0.6) is 0 Å². The van der Waals surface area contributed by atoms with Crippen LogP contribution in [0.4, 0.5) is 0 Å². The molecule has 0 heterocycles. The van der Waals surface area contributed by atoms with Gasteiger partial charge < -0.3 is 9.47 Å². The Morgan fingerprint density at radius 2 is 1.55 bits per heavy atom. The second kappa shape index (κ2) is 11.3. The highest BCUT2D eigenvalue weighted by molar-refractivity contribution is 6.05. The molecule has 0 spiro atoms. The lowest BCUT2D eigenvalue weighted by Crippen LogP contribution is -2.14. The summed E-state index contributed by atoms with van der Waals surface area (Å²) in [6.45, 7) is 12.6. The number of benzene rings is 1. The minimum atomic E-state index is -1.06. The lowest BCUT2D eigenvalue weighted by Gasteiger charge is -2.06. The van der Waals surface area contributed by atoms with Gasteiger partial charge in [0.15, 0.2) is 0 Å². The van der Waals surface area contributed by atoms with Gasteiger partial charge in [-0.2, -0.15) is 0 Å². The van der Waals surface area contributed by atoms with Gasteiger partial charge in [0.05, 0.1) is 0 Å². The van der Waals surface area contributed by atoms with Crippen LogP contribution in [0.2, 0.25) is 0 Å². The third kappa shape index (κ3) is 7.54. The monoisotopic (exact) mass is 396 g/mol. The molecule has 1 rings (SSSR count). The number of carbonyl (C=O) groups is 4. The molecule has 0 saturated heterocycles. The molecule has 0 aromatic heterocycles. The first kappa shape index (κ1) is 23.5. The summed E-state index contributed by atoms with van der Waals surface area (Å²) in [5.74, 6) is -3.81. The van der Waals surface area contributed by atoms with Crippen LogP contribution >= 0.6 is 0 Å². The number of esters is 4. The van der Waals surface area contributed by atoms with Gasteiger partial charge in [0.2, 0.25) is 0 Å². The van der Waals surface area contributed by atoms with Gasteiger partial charge >= 0.3 is 23.9 Å². The largest absolute Gasteiger partial charge is 0.386 e. The highest BCUT2D eigenvalue weighted by Crippen LogP contribution is 2.17. The molecule has 0 bridgehead atoms. The Bertz CT molecular complexity index is 902. The summed E-state index contributed by atoms with van der Waals surface area (Å²) in [7, 11) is 0. The van der Waals surface area contributed by atoms with Crippen LogP contribution < -0.4 is 0 Å². The Hall–Kier alpha value is -3.54. The highest BCUT2D eigenvalue weighted by Gasteiger charge is 2.15. The predicted octanol–water partition coefficient (Wildman–Crippen LogP) is 4.09. The van der Waals surface area contributed by atoms with E-state index < -0.39 is 23.9 Å². The summed E-state index contributed by atoms with van der Waals surface area (Å²) in [6.07, 6.45) is 5.43. The fourth-order valence-corrected chi connectivity index (χ4v) is 2.14. The number of carbonyl (C=O) groups excluding carboxylic acids is 4. The number of rotatable bonds is 8. The molecule has 1 aromatic rings. The van der Waals surface area contributed by atoms with E-state index in [0.717, 1.165) is 22.8 Å². The van der Waals surface area contributed by atoms with Crippen LogP contribution in [0.3, 0.4) is 0 Å². The van der Waals surface area contributed by atoms with Crippen molar-refractivity contribution in [1.82, 2.24) is 0 Å². The standard InChI is InChI=1S/C23H24O6/c1-6-15(4)22(26)28-20(24)11-12-21(25)29-23(27)19(8-3)14-17-10-9-16(5)18(7-2)13-17/h7,9-14H,2,4,6,8H2,1,3,5H3. The molecule has 0 fully saturated rings. The first-order valence-electron chi connectivity index (χ1n) is 9.03. The average molecular weight is 396 g/mol. The Kier molecular flexibility index (Phi) is 9.19. The van der Waals surface area contributed by atoms with E-state index in [1.807, 2.05) is 25.1 Å². The SMILES string of the molecule is C=Cc1cc(C=C(CC)C(=O)OC(=O)C=CC(=O)OC(=O)C(=C)CC)ccc1C. The van der Waals surface area contributed by atoms with Gasteiger partial charge in [-0.15, -0.1) is 0 Å². The minimum absolute atomic E-state index is 0.123. The van der Waals surface area contributed by atoms with Gasteiger partial charge in [-0.05, 0) is 48.6 Å². The van der Waals surface area contributed by atoms with Crippen molar-refractivity contribution in [3.05, 3.63) is 71.3 Å². The minimum Gasteiger partial charge on any atom is -0.386 e. The van der Waals surface area contributed by atoms with Gasteiger partial charge in [-0.1, -0.05) is 45.2 Å². The van der Waals surface area contributed by atoms with Crippen molar-refractivity contribution in [2.45, 2.75) is 33.6 Å². The first-order chi connectivity index (χ1) is 13.7. The Balaban J connectivity index is 2.78. The number of hydrogen-bond acceptors (Lipinski definition) is 6. The maximum Gasteiger partial charge on any atom is 0.341 e. The normalized spacial score (nSPS) is 11.1. The Morgan fingerprint density at radius 3 is 2.07 bits per heavy atom. The van der Waals surface area contributed by atoms with Crippen LogP contribution in [0.15, 0.2) is 54.7 Å². The third-order valence-electron chi connectivity index (χ3n) is 3.96. The van der Waals surface area contributed by atoms with Crippen LogP contribution in [-0.4, -0.2) is 23.9 Å². The van der Waals surface area contributed by atoms with E-state index in [1.54, 1.807) is 26.0 Å². The van der Waals surface area contributed by atoms with Crippen molar-refractivity contribution in [2.24, 2.45) is 0 Å². The smallest absolute Gasteiger partial charge is 0.341 e. The summed E-state index contributed by atoms with van der Waals surface area (Å²) in [4.78, 5) is 46.9. The molecule has 0 radical (unpaired) electrons. The van der Waals surface area contributed by atoms with E-state index in [4.69, 9.17) is 4.74 Å². The molecule has 0 N–H and O–H groups in total. The molecule has 0 amide bonds. The molecule has 0 aliphatic heterocycles. The molecule has 6 heteroatoms. The summed E-state index contributed by atoms with van der Waals surface area (Å²) in [5.41, 5.74) is 3.15. The van der Waals surface area contributed by atoms with Crippen molar-refractivity contribution in [3.8, 4) is 0 Å². The van der Waals surface area contributed by atoms with E-state index in [9.17, 15) is 19.2 Å². The maximum atomic E-state index is 12.2.